The van der Waals surface area contributed by atoms with Gasteiger partial charge in [0.25, 0.3) is 0 Å². The Balaban J connectivity index is -0.000000211. The molecular weight excluding hydrogens is 212 g/mol. The molecule has 100 valence electrons. The van der Waals surface area contributed by atoms with E-state index < -0.39 is 0 Å². The molecule has 0 amide bonds. The van der Waals surface area contributed by atoms with E-state index in [-0.39, 0.29) is 35.7 Å². The molecule has 1 aromatic carbocycles. The number of benzene rings is 1. The minimum atomic E-state index is -0.252. The second-order valence-electron chi connectivity index (χ2n) is 2.62. The third-order valence-corrected chi connectivity index (χ3v) is 1.49. The third-order valence-electron chi connectivity index (χ3n) is 1.49. The van der Waals surface area contributed by atoms with Crippen LogP contribution in [0.1, 0.15) is 42.2 Å². The fourth-order valence-electron chi connectivity index (χ4n) is 0.914. The van der Waals surface area contributed by atoms with Crippen LogP contribution in [-0.4, -0.2) is 12.6 Å². The molecule has 0 aliphatic carbocycles. The molecule has 2 nitrogen and oxygen atoms in total. The van der Waals surface area contributed by atoms with Crippen molar-refractivity contribution in [2.24, 2.45) is 0 Å². The summed E-state index contributed by atoms with van der Waals surface area (Å²) in [6, 6.07) is 9.87. The predicted octanol–water partition coefficient (Wildman–Crippen LogP) is 4.81. The van der Waals surface area contributed by atoms with E-state index in [4.69, 9.17) is 4.74 Å². The molecule has 0 radical (unpaired) electrons. The van der Waals surface area contributed by atoms with Crippen LogP contribution in [0.2, 0.25) is 0 Å². The molecule has 0 atom stereocenters. The summed E-state index contributed by atoms with van der Waals surface area (Å²) in [5, 5.41) is 0. The molecule has 0 N–H and O–H groups in total. The first-order valence-electron chi connectivity index (χ1n) is 4.14. The zero-order valence-electron chi connectivity index (χ0n) is 7.57. The molecule has 0 bridgehead atoms. The standard InChI is InChI=1S/C11H12O2.4CH4/c1-10(12)13-9-5-8-11-6-3-2-4-7-11;;;;/h2-8H,9H2,1H3;4*1H4. The molecule has 0 aliphatic rings. The van der Waals surface area contributed by atoms with Gasteiger partial charge in [-0.15, -0.1) is 0 Å². The quantitative estimate of drug-likeness (QED) is 0.709. The SMILES string of the molecule is C.C.C.C.CC(=O)OCC=Cc1ccccc1. The van der Waals surface area contributed by atoms with Gasteiger partial charge in [-0.3, -0.25) is 4.79 Å². The molecule has 17 heavy (non-hydrogen) atoms. The van der Waals surface area contributed by atoms with E-state index in [2.05, 4.69) is 0 Å². The number of ether oxygens (including phenoxy) is 1. The largest absolute Gasteiger partial charge is 0.462 e. The van der Waals surface area contributed by atoms with Crippen molar-refractivity contribution in [3.05, 3.63) is 42.0 Å². The van der Waals surface area contributed by atoms with Gasteiger partial charge in [-0.05, 0) is 11.6 Å². The normalized spacial score (nSPS) is 7.82. The highest BCUT2D eigenvalue weighted by Gasteiger charge is 1.87. The lowest BCUT2D eigenvalue weighted by molar-refractivity contribution is -0.139. The highest BCUT2D eigenvalue weighted by Crippen LogP contribution is 2.00. The van der Waals surface area contributed by atoms with Gasteiger partial charge in [0.05, 0.1) is 0 Å². The maximum Gasteiger partial charge on any atom is 0.302 e. The number of hydrogen-bond acceptors (Lipinski definition) is 2. The highest BCUT2D eigenvalue weighted by molar-refractivity contribution is 5.66. The lowest BCUT2D eigenvalue weighted by Crippen LogP contribution is -1.97. The summed E-state index contributed by atoms with van der Waals surface area (Å²) in [6.45, 7) is 1.74. The van der Waals surface area contributed by atoms with Gasteiger partial charge in [0.15, 0.2) is 0 Å². The van der Waals surface area contributed by atoms with Gasteiger partial charge in [0.1, 0.15) is 6.61 Å². The van der Waals surface area contributed by atoms with Crippen LogP contribution >= 0.6 is 0 Å². The van der Waals surface area contributed by atoms with Gasteiger partial charge in [0.2, 0.25) is 0 Å². The molecule has 2 heteroatoms. The first-order valence-corrected chi connectivity index (χ1v) is 4.14. The van der Waals surface area contributed by atoms with E-state index in [0.717, 1.165) is 5.56 Å². The summed E-state index contributed by atoms with van der Waals surface area (Å²) in [7, 11) is 0. The number of hydrogen-bond donors (Lipinski definition) is 0. The molecule has 0 saturated heterocycles. The van der Waals surface area contributed by atoms with Crippen LogP contribution in [0.3, 0.4) is 0 Å². The van der Waals surface area contributed by atoms with Crippen LogP contribution in [0.5, 0.6) is 0 Å². The zero-order chi connectivity index (χ0) is 9.52. The molecule has 0 aromatic heterocycles. The Labute approximate surface area is 107 Å². The van der Waals surface area contributed by atoms with Crippen molar-refractivity contribution in [3.63, 3.8) is 0 Å². The summed E-state index contributed by atoms with van der Waals surface area (Å²) in [6.07, 6.45) is 3.74. The van der Waals surface area contributed by atoms with Crippen molar-refractivity contribution in [2.75, 3.05) is 6.61 Å². The smallest absolute Gasteiger partial charge is 0.302 e. The van der Waals surface area contributed by atoms with E-state index in [1.165, 1.54) is 6.92 Å². The van der Waals surface area contributed by atoms with Crippen LogP contribution in [0.4, 0.5) is 0 Å². The van der Waals surface area contributed by atoms with Crippen molar-refractivity contribution in [1.29, 1.82) is 0 Å². The van der Waals surface area contributed by atoms with Crippen LogP contribution in [-0.2, 0) is 9.53 Å². The van der Waals surface area contributed by atoms with E-state index in [1.807, 2.05) is 42.5 Å². The number of carbonyl (C=O) groups is 1. The Bertz CT molecular complexity index is 289. The Morgan fingerprint density at radius 3 is 2.12 bits per heavy atom. The number of carbonyl (C=O) groups excluding carboxylic acids is 1. The fourth-order valence-corrected chi connectivity index (χ4v) is 0.914. The Kier molecular flexibility index (Phi) is 20.9. The van der Waals surface area contributed by atoms with Crippen molar-refractivity contribution in [2.45, 2.75) is 36.6 Å². The average molecular weight is 240 g/mol. The molecule has 0 aliphatic heterocycles. The van der Waals surface area contributed by atoms with Crippen molar-refractivity contribution < 1.29 is 9.53 Å². The van der Waals surface area contributed by atoms with Gasteiger partial charge in [0, 0.05) is 6.92 Å². The fraction of sp³-hybridized carbons (Fsp3) is 0.400. The third kappa shape index (κ3) is 12.4. The topological polar surface area (TPSA) is 26.3 Å². The van der Waals surface area contributed by atoms with Crippen molar-refractivity contribution in [3.8, 4) is 0 Å². The highest BCUT2D eigenvalue weighted by atomic mass is 16.5. The van der Waals surface area contributed by atoms with Crippen molar-refractivity contribution >= 4 is 12.0 Å². The monoisotopic (exact) mass is 240 g/mol. The molecule has 1 aromatic rings. The van der Waals surface area contributed by atoms with E-state index >= 15 is 0 Å². The summed E-state index contributed by atoms with van der Waals surface area (Å²) in [5.41, 5.74) is 1.11. The van der Waals surface area contributed by atoms with E-state index in [0.29, 0.717) is 6.61 Å². The first-order chi connectivity index (χ1) is 6.29. The predicted molar refractivity (Wildman–Crippen MR) is 79.0 cm³/mol. The van der Waals surface area contributed by atoms with Gasteiger partial charge in [-0.2, -0.15) is 0 Å². The van der Waals surface area contributed by atoms with Gasteiger partial charge < -0.3 is 4.74 Å². The molecule has 0 unspecified atom stereocenters. The molecule has 0 saturated carbocycles. The maximum atomic E-state index is 10.4. The molecular formula is C15H28O2. The minimum absolute atomic E-state index is 0. The second-order valence-corrected chi connectivity index (χ2v) is 2.62. The van der Waals surface area contributed by atoms with Crippen LogP contribution in [0, 0.1) is 0 Å². The summed E-state index contributed by atoms with van der Waals surface area (Å²) in [5.74, 6) is -0.252. The summed E-state index contributed by atoms with van der Waals surface area (Å²) in [4.78, 5) is 10.4. The van der Waals surface area contributed by atoms with Crippen LogP contribution < -0.4 is 0 Å². The lowest BCUT2D eigenvalue weighted by atomic mass is 10.2. The molecule has 0 heterocycles. The summed E-state index contributed by atoms with van der Waals surface area (Å²) < 4.78 is 4.74. The van der Waals surface area contributed by atoms with E-state index in [1.54, 1.807) is 0 Å². The Morgan fingerprint density at radius 1 is 1.12 bits per heavy atom. The van der Waals surface area contributed by atoms with E-state index in [9.17, 15) is 4.79 Å². The second kappa shape index (κ2) is 14.4. The molecule has 0 spiro atoms. The van der Waals surface area contributed by atoms with Gasteiger partial charge in [-0.1, -0.05) is 66.1 Å². The molecule has 0 fully saturated rings. The lowest BCUT2D eigenvalue weighted by Gasteiger charge is -1.94. The van der Waals surface area contributed by atoms with Crippen molar-refractivity contribution in [1.82, 2.24) is 0 Å². The van der Waals surface area contributed by atoms with Crippen LogP contribution in [0.25, 0.3) is 6.08 Å². The number of rotatable bonds is 3. The maximum absolute atomic E-state index is 10.4. The Morgan fingerprint density at radius 2 is 1.65 bits per heavy atom. The van der Waals surface area contributed by atoms with Gasteiger partial charge >= 0.3 is 5.97 Å². The molecule has 1 rings (SSSR count). The number of esters is 1. The summed E-state index contributed by atoms with van der Waals surface area (Å²) >= 11 is 0. The van der Waals surface area contributed by atoms with Gasteiger partial charge in [-0.25, -0.2) is 0 Å². The minimum Gasteiger partial charge on any atom is -0.462 e. The Hall–Kier alpha value is -1.57. The average Bonchev–Trinajstić information content (AvgIpc) is 2.14. The zero-order valence-corrected chi connectivity index (χ0v) is 7.57. The first kappa shape index (κ1) is 24.6. The van der Waals surface area contributed by atoms with Crippen LogP contribution in [0.15, 0.2) is 36.4 Å².